The maximum absolute atomic E-state index is 13.3. The summed E-state index contributed by atoms with van der Waals surface area (Å²) >= 11 is 0. The van der Waals surface area contributed by atoms with Gasteiger partial charge in [-0.3, -0.25) is 9.10 Å². The Bertz CT molecular complexity index is 904. The smallest absolute Gasteiger partial charge is 0.264 e. The summed E-state index contributed by atoms with van der Waals surface area (Å²) in [7, 11) is -4.03. The number of carbonyl (C=O) groups is 1. The van der Waals surface area contributed by atoms with Crippen LogP contribution in [-0.2, 0) is 14.8 Å². The van der Waals surface area contributed by atoms with Crippen LogP contribution >= 0.6 is 0 Å². The maximum atomic E-state index is 13.3. The fourth-order valence-electron chi connectivity index (χ4n) is 3.30. The SMILES string of the molecule is O=C(CN(c1ccc(F)cc1)S(=O)(=O)c1ccccc1)N[C@@H]1CCCC[C@@H]1O. The lowest BCUT2D eigenvalue weighted by molar-refractivity contribution is -0.121. The molecule has 2 atom stereocenters. The van der Waals surface area contributed by atoms with Crippen molar-refractivity contribution in [2.24, 2.45) is 0 Å². The molecule has 0 heterocycles. The highest BCUT2D eigenvalue weighted by Gasteiger charge is 2.29. The van der Waals surface area contributed by atoms with E-state index in [-0.39, 0.29) is 10.6 Å². The zero-order valence-electron chi connectivity index (χ0n) is 15.3. The normalized spacial score (nSPS) is 19.8. The molecule has 1 saturated carbocycles. The monoisotopic (exact) mass is 406 g/mol. The van der Waals surface area contributed by atoms with Crippen molar-refractivity contribution in [2.75, 3.05) is 10.8 Å². The van der Waals surface area contributed by atoms with Crippen LogP contribution in [0.15, 0.2) is 59.5 Å². The van der Waals surface area contributed by atoms with Crippen molar-refractivity contribution in [3.05, 3.63) is 60.4 Å². The van der Waals surface area contributed by atoms with Gasteiger partial charge in [0.05, 0.1) is 22.7 Å². The summed E-state index contributed by atoms with van der Waals surface area (Å²) in [5.74, 6) is -1.02. The Morgan fingerprint density at radius 3 is 2.36 bits per heavy atom. The molecule has 1 aliphatic rings. The van der Waals surface area contributed by atoms with Crippen LogP contribution in [-0.4, -0.2) is 38.1 Å². The number of hydrogen-bond donors (Lipinski definition) is 2. The number of nitrogens with zero attached hydrogens (tertiary/aromatic N) is 1. The van der Waals surface area contributed by atoms with Crippen LogP contribution in [0.3, 0.4) is 0 Å². The third-order valence-corrected chi connectivity index (χ3v) is 6.60. The number of aliphatic hydroxyl groups is 1. The average molecular weight is 406 g/mol. The summed E-state index contributed by atoms with van der Waals surface area (Å²) in [6.45, 7) is -0.466. The lowest BCUT2D eigenvalue weighted by atomic mass is 9.92. The summed E-state index contributed by atoms with van der Waals surface area (Å²) < 4.78 is 40.5. The van der Waals surface area contributed by atoms with Crippen LogP contribution in [0.1, 0.15) is 25.7 Å². The second-order valence-corrected chi connectivity index (χ2v) is 8.69. The van der Waals surface area contributed by atoms with Crippen LogP contribution < -0.4 is 9.62 Å². The minimum Gasteiger partial charge on any atom is -0.391 e. The Morgan fingerprint density at radius 1 is 1.07 bits per heavy atom. The molecule has 150 valence electrons. The molecule has 0 saturated heterocycles. The molecule has 28 heavy (non-hydrogen) atoms. The number of halogens is 1. The predicted molar refractivity (Wildman–Crippen MR) is 104 cm³/mol. The summed E-state index contributed by atoms with van der Waals surface area (Å²) in [4.78, 5) is 12.6. The first-order valence-electron chi connectivity index (χ1n) is 9.19. The second kappa shape index (κ2) is 8.70. The van der Waals surface area contributed by atoms with Gasteiger partial charge in [0.25, 0.3) is 10.0 Å². The highest BCUT2D eigenvalue weighted by atomic mass is 32.2. The molecule has 2 aromatic carbocycles. The van der Waals surface area contributed by atoms with Crippen LogP contribution in [0.25, 0.3) is 0 Å². The molecule has 8 heteroatoms. The van der Waals surface area contributed by atoms with E-state index in [1.165, 1.54) is 24.3 Å². The molecule has 1 amide bonds. The number of carbonyl (C=O) groups excluding carboxylic acids is 1. The van der Waals surface area contributed by atoms with E-state index in [2.05, 4.69) is 5.32 Å². The van der Waals surface area contributed by atoms with Crippen molar-refractivity contribution in [1.82, 2.24) is 5.32 Å². The van der Waals surface area contributed by atoms with Crippen molar-refractivity contribution in [2.45, 2.75) is 42.7 Å². The topological polar surface area (TPSA) is 86.7 Å². The van der Waals surface area contributed by atoms with E-state index in [4.69, 9.17) is 0 Å². The molecular formula is C20H23FN2O4S. The van der Waals surface area contributed by atoms with Crippen LogP contribution in [0.2, 0.25) is 0 Å². The average Bonchev–Trinajstić information content (AvgIpc) is 2.69. The number of anilines is 1. The molecule has 0 spiro atoms. The lowest BCUT2D eigenvalue weighted by Gasteiger charge is -2.30. The minimum absolute atomic E-state index is 0.0322. The Balaban J connectivity index is 1.86. The standard InChI is InChI=1S/C20H23FN2O4S/c21-15-10-12-16(13-11-15)23(28(26,27)17-6-2-1-3-7-17)14-20(25)22-18-8-4-5-9-19(18)24/h1-3,6-7,10-13,18-19,24H,4-5,8-9,14H2,(H,22,25)/t18-,19+/m1/s1. The van der Waals surface area contributed by atoms with Gasteiger partial charge < -0.3 is 10.4 Å². The zero-order chi connectivity index (χ0) is 20.1. The van der Waals surface area contributed by atoms with Gasteiger partial charge in [-0.25, -0.2) is 12.8 Å². The number of benzene rings is 2. The van der Waals surface area contributed by atoms with Gasteiger partial charge in [0, 0.05) is 0 Å². The summed E-state index contributed by atoms with van der Waals surface area (Å²) in [5.41, 5.74) is 0.185. The highest BCUT2D eigenvalue weighted by Crippen LogP contribution is 2.24. The number of rotatable bonds is 6. The van der Waals surface area contributed by atoms with E-state index in [0.29, 0.717) is 12.8 Å². The lowest BCUT2D eigenvalue weighted by Crippen LogP contribution is -2.49. The molecule has 0 bridgehead atoms. The Morgan fingerprint density at radius 2 is 1.71 bits per heavy atom. The first kappa shape index (κ1) is 20.3. The van der Waals surface area contributed by atoms with Crippen LogP contribution in [0.4, 0.5) is 10.1 Å². The number of aliphatic hydroxyl groups excluding tert-OH is 1. The summed E-state index contributed by atoms with van der Waals surface area (Å²) in [6, 6.07) is 12.3. The third kappa shape index (κ3) is 4.69. The molecule has 0 unspecified atom stereocenters. The number of sulfonamides is 1. The van der Waals surface area contributed by atoms with Crippen LogP contribution in [0.5, 0.6) is 0 Å². The van der Waals surface area contributed by atoms with Crippen molar-refractivity contribution < 1.29 is 22.7 Å². The van der Waals surface area contributed by atoms with Gasteiger partial charge in [-0.05, 0) is 49.2 Å². The van der Waals surface area contributed by atoms with Gasteiger partial charge in [0.1, 0.15) is 12.4 Å². The van der Waals surface area contributed by atoms with Gasteiger partial charge in [-0.15, -0.1) is 0 Å². The van der Waals surface area contributed by atoms with Gasteiger partial charge in [0.15, 0.2) is 0 Å². The first-order valence-corrected chi connectivity index (χ1v) is 10.6. The molecule has 0 radical (unpaired) electrons. The minimum atomic E-state index is -4.03. The van der Waals surface area contributed by atoms with Crippen molar-refractivity contribution in [1.29, 1.82) is 0 Å². The molecule has 6 nitrogen and oxygen atoms in total. The van der Waals surface area contributed by atoms with Crippen LogP contribution in [0, 0.1) is 5.82 Å². The number of nitrogens with one attached hydrogen (secondary N) is 1. The summed E-state index contributed by atoms with van der Waals surface area (Å²) in [5, 5.41) is 12.8. The number of hydrogen-bond acceptors (Lipinski definition) is 4. The fourth-order valence-corrected chi connectivity index (χ4v) is 4.75. The molecule has 3 rings (SSSR count). The second-order valence-electron chi connectivity index (χ2n) is 6.83. The molecular weight excluding hydrogens is 383 g/mol. The van der Waals surface area contributed by atoms with Crippen molar-refractivity contribution in [3.8, 4) is 0 Å². The van der Waals surface area contributed by atoms with E-state index in [1.807, 2.05) is 0 Å². The Kier molecular flexibility index (Phi) is 6.31. The molecule has 1 fully saturated rings. The van der Waals surface area contributed by atoms with Gasteiger partial charge in [-0.2, -0.15) is 0 Å². The van der Waals surface area contributed by atoms with E-state index in [1.54, 1.807) is 18.2 Å². The van der Waals surface area contributed by atoms with E-state index >= 15 is 0 Å². The largest absolute Gasteiger partial charge is 0.391 e. The van der Waals surface area contributed by atoms with Crippen molar-refractivity contribution >= 4 is 21.6 Å². The molecule has 2 aromatic rings. The zero-order valence-corrected chi connectivity index (χ0v) is 16.1. The molecule has 0 aromatic heterocycles. The molecule has 0 aliphatic heterocycles. The van der Waals surface area contributed by atoms with E-state index < -0.39 is 40.4 Å². The quantitative estimate of drug-likeness (QED) is 0.772. The predicted octanol–water partition coefficient (Wildman–Crippen LogP) is 2.44. The van der Waals surface area contributed by atoms with E-state index in [0.717, 1.165) is 29.3 Å². The van der Waals surface area contributed by atoms with Gasteiger partial charge in [-0.1, -0.05) is 31.0 Å². The fraction of sp³-hybridized carbons (Fsp3) is 0.350. The van der Waals surface area contributed by atoms with Gasteiger partial charge >= 0.3 is 0 Å². The van der Waals surface area contributed by atoms with E-state index in [9.17, 15) is 22.7 Å². The number of amides is 1. The van der Waals surface area contributed by atoms with Crippen molar-refractivity contribution in [3.63, 3.8) is 0 Å². The maximum Gasteiger partial charge on any atom is 0.264 e. The first-order chi connectivity index (χ1) is 13.4. The Hall–Kier alpha value is -2.45. The highest BCUT2D eigenvalue weighted by molar-refractivity contribution is 7.92. The molecule has 1 aliphatic carbocycles. The molecule has 2 N–H and O–H groups in total. The summed E-state index contributed by atoms with van der Waals surface area (Å²) in [6.07, 6.45) is 2.41. The third-order valence-electron chi connectivity index (χ3n) is 4.81. The van der Waals surface area contributed by atoms with Gasteiger partial charge in [0.2, 0.25) is 5.91 Å². The Labute approximate surface area is 164 Å².